The van der Waals surface area contributed by atoms with Gasteiger partial charge in [0.05, 0.1) is 19.1 Å². The van der Waals surface area contributed by atoms with E-state index in [0.717, 1.165) is 14.2 Å². The van der Waals surface area contributed by atoms with Crippen LogP contribution in [0.2, 0.25) is 0 Å². The Bertz CT molecular complexity index is 587. The van der Waals surface area contributed by atoms with Crippen LogP contribution in [0, 0.1) is 0 Å². The van der Waals surface area contributed by atoms with Gasteiger partial charge in [0.2, 0.25) is 5.71 Å². The lowest BCUT2D eigenvalue weighted by Crippen LogP contribution is -2.27. The zero-order valence-electron chi connectivity index (χ0n) is 10.2. The first kappa shape index (κ1) is 14.8. The Morgan fingerprint density at radius 3 is 1.89 bits per heavy atom. The van der Waals surface area contributed by atoms with E-state index < -0.39 is 27.7 Å². The Morgan fingerprint density at radius 2 is 1.47 bits per heavy atom. The molecule has 19 heavy (non-hydrogen) atoms. The van der Waals surface area contributed by atoms with Gasteiger partial charge in [-0.3, -0.25) is 0 Å². The SMILES string of the molecule is COC(=O)C(=NS(=O)(=O)c1ccccc1)C(=O)OC. The molecule has 0 saturated carbocycles. The minimum absolute atomic E-state index is 0.152. The van der Waals surface area contributed by atoms with Crippen molar-refractivity contribution >= 4 is 27.7 Å². The zero-order chi connectivity index (χ0) is 14.5. The van der Waals surface area contributed by atoms with Gasteiger partial charge in [0.15, 0.2) is 0 Å². The number of methoxy groups -OCH3 is 2. The van der Waals surface area contributed by atoms with Crippen molar-refractivity contribution in [2.75, 3.05) is 14.2 Å². The second-order valence-corrected chi connectivity index (χ2v) is 4.82. The summed E-state index contributed by atoms with van der Waals surface area (Å²) in [5.41, 5.74) is -0.936. The summed E-state index contributed by atoms with van der Waals surface area (Å²) in [5, 5.41) is 0. The molecule has 0 N–H and O–H groups in total. The van der Waals surface area contributed by atoms with Gasteiger partial charge in [-0.15, -0.1) is 4.40 Å². The van der Waals surface area contributed by atoms with Crippen LogP contribution in [0.4, 0.5) is 0 Å². The molecule has 0 unspecified atom stereocenters. The van der Waals surface area contributed by atoms with Crippen LogP contribution >= 0.6 is 0 Å². The molecule has 0 spiro atoms. The number of carbonyl (C=O) groups excluding carboxylic acids is 2. The van der Waals surface area contributed by atoms with E-state index in [1.165, 1.54) is 24.3 Å². The number of nitrogens with zero attached hydrogens (tertiary/aromatic N) is 1. The largest absolute Gasteiger partial charge is 0.464 e. The fourth-order valence-electron chi connectivity index (χ4n) is 1.12. The standard InChI is InChI=1S/C11H11NO6S/c1-17-10(13)9(11(14)18-2)12-19(15,16)8-6-4-3-5-7-8/h3-7H,1-2H3. The second-order valence-electron chi connectivity index (χ2n) is 3.21. The van der Waals surface area contributed by atoms with Crippen LogP contribution in [-0.2, 0) is 29.1 Å². The molecule has 0 aromatic heterocycles. The van der Waals surface area contributed by atoms with Crippen molar-refractivity contribution in [3.05, 3.63) is 30.3 Å². The number of hydrogen-bond acceptors (Lipinski definition) is 6. The van der Waals surface area contributed by atoms with E-state index in [-0.39, 0.29) is 4.90 Å². The first-order valence-electron chi connectivity index (χ1n) is 4.99. The van der Waals surface area contributed by atoms with E-state index in [4.69, 9.17) is 0 Å². The zero-order valence-corrected chi connectivity index (χ0v) is 11.0. The summed E-state index contributed by atoms with van der Waals surface area (Å²) in [5.74, 6) is -2.38. The Hall–Kier alpha value is -2.22. The van der Waals surface area contributed by atoms with E-state index in [9.17, 15) is 18.0 Å². The van der Waals surface area contributed by atoms with Crippen molar-refractivity contribution in [3.63, 3.8) is 0 Å². The Balaban J connectivity index is 3.30. The highest BCUT2D eigenvalue weighted by atomic mass is 32.2. The Morgan fingerprint density at radius 1 is 1.00 bits per heavy atom. The highest BCUT2D eigenvalue weighted by Crippen LogP contribution is 2.12. The maximum atomic E-state index is 11.9. The minimum atomic E-state index is -4.18. The van der Waals surface area contributed by atoms with E-state index >= 15 is 0 Å². The van der Waals surface area contributed by atoms with Crippen molar-refractivity contribution in [3.8, 4) is 0 Å². The molecule has 7 nitrogen and oxygen atoms in total. The molecule has 1 rings (SSSR count). The van der Waals surface area contributed by atoms with Crippen molar-refractivity contribution in [2.24, 2.45) is 4.40 Å². The third kappa shape index (κ3) is 3.62. The predicted molar refractivity (Wildman–Crippen MR) is 65.1 cm³/mol. The fraction of sp³-hybridized carbons (Fsp3) is 0.182. The molecule has 0 amide bonds. The Kier molecular flexibility index (Phi) is 4.76. The maximum absolute atomic E-state index is 11.9. The van der Waals surface area contributed by atoms with Gasteiger partial charge in [-0.25, -0.2) is 9.59 Å². The van der Waals surface area contributed by atoms with Gasteiger partial charge in [0, 0.05) is 0 Å². The van der Waals surface area contributed by atoms with Crippen molar-refractivity contribution in [1.82, 2.24) is 0 Å². The molecule has 0 fully saturated rings. The number of ether oxygens (including phenoxy) is 2. The molecular formula is C11H11NO6S. The van der Waals surface area contributed by atoms with Crippen LogP contribution in [-0.4, -0.2) is 40.3 Å². The smallest absolute Gasteiger partial charge is 0.365 e. The molecule has 1 aromatic carbocycles. The molecule has 1 aromatic rings. The molecule has 8 heteroatoms. The van der Waals surface area contributed by atoms with E-state index in [0.29, 0.717) is 0 Å². The van der Waals surface area contributed by atoms with Gasteiger partial charge in [-0.1, -0.05) is 18.2 Å². The van der Waals surface area contributed by atoms with E-state index in [1.54, 1.807) is 6.07 Å². The predicted octanol–water partition coefficient (Wildman–Crippen LogP) is 0.162. The summed E-state index contributed by atoms with van der Waals surface area (Å²) in [6.07, 6.45) is 0. The lowest BCUT2D eigenvalue weighted by molar-refractivity contribution is -0.138. The van der Waals surface area contributed by atoms with Crippen LogP contribution in [0.15, 0.2) is 39.6 Å². The van der Waals surface area contributed by atoms with Gasteiger partial charge in [0.25, 0.3) is 10.0 Å². The van der Waals surface area contributed by atoms with Crippen molar-refractivity contribution < 1.29 is 27.5 Å². The van der Waals surface area contributed by atoms with Crippen molar-refractivity contribution in [2.45, 2.75) is 4.90 Å². The number of benzene rings is 1. The highest BCUT2D eigenvalue weighted by Gasteiger charge is 2.26. The van der Waals surface area contributed by atoms with Crippen LogP contribution in [0.25, 0.3) is 0 Å². The summed E-state index contributed by atoms with van der Waals surface area (Å²) in [6.45, 7) is 0. The molecule has 0 radical (unpaired) electrons. The van der Waals surface area contributed by atoms with Gasteiger partial charge in [-0.2, -0.15) is 8.42 Å². The molecule has 0 atom stereocenters. The molecule has 0 heterocycles. The number of carbonyl (C=O) groups is 2. The van der Waals surface area contributed by atoms with Crippen LogP contribution in [0.1, 0.15) is 0 Å². The summed E-state index contributed by atoms with van der Waals surface area (Å²) in [4.78, 5) is 22.5. The lowest BCUT2D eigenvalue weighted by Gasteiger charge is -2.03. The van der Waals surface area contributed by atoms with E-state index in [2.05, 4.69) is 13.9 Å². The average molecular weight is 285 g/mol. The molecule has 0 aliphatic carbocycles. The molecule has 0 bridgehead atoms. The minimum Gasteiger partial charge on any atom is -0.464 e. The molecular weight excluding hydrogens is 274 g/mol. The van der Waals surface area contributed by atoms with Crippen LogP contribution in [0.3, 0.4) is 0 Å². The summed E-state index contributed by atoms with van der Waals surface area (Å²) < 4.78 is 35.5. The number of hydrogen-bond donors (Lipinski definition) is 0. The number of rotatable bonds is 4. The summed E-state index contributed by atoms with van der Waals surface area (Å²) >= 11 is 0. The highest BCUT2D eigenvalue weighted by molar-refractivity contribution is 7.90. The molecule has 102 valence electrons. The third-order valence-corrected chi connectivity index (χ3v) is 3.30. The van der Waals surface area contributed by atoms with Gasteiger partial charge < -0.3 is 9.47 Å². The summed E-state index contributed by atoms with van der Waals surface area (Å²) in [6, 6.07) is 7.15. The van der Waals surface area contributed by atoms with E-state index in [1.807, 2.05) is 0 Å². The second kappa shape index (κ2) is 6.10. The maximum Gasteiger partial charge on any atom is 0.365 e. The summed E-state index contributed by atoms with van der Waals surface area (Å²) in [7, 11) is -2.19. The van der Waals surface area contributed by atoms with Gasteiger partial charge >= 0.3 is 11.9 Å². The number of sulfonamides is 1. The molecule has 0 aliphatic rings. The quantitative estimate of drug-likeness (QED) is 0.444. The normalized spacial score (nSPS) is 10.4. The van der Waals surface area contributed by atoms with Crippen molar-refractivity contribution in [1.29, 1.82) is 0 Å². The first-order chi connectivity index (χ1) is 8.92. The topological polar surface area (TPSA) is 99.1 Å². The molecule has 0 saturated heterocycles. The average Bonchev–Trinajstić information content (AvgIpc) is 2.44. The van der Waals surface area contributed by atoms with Crippen LogP contribution < -0.4 is 0 Å². The van der Waals surface area contributed by atoms with Gasteiger partial charge in [-0.05, 0) is 12.1 Å². The third-order valence-electron chi connectivity index (χ3n) is 2.01. The number of esters is 2. The molecule has 0 aliphatic heterocycles. The first-order valence-corrected chi connectivity index (χ1v) is 6.43. The van der Waals surface area contributed by atoms with Gasteiger partial charge in [0.1, 0.15) is 0 Å². The Labute approximate surface area is 109 Å². The van der Waals surface area contributed by atoms with Crippen LogP contribution in [0.5, 0.6) is 0 Å². The monoisotopic (exact) mass is 285 g/mol. The fourth-order valence-corrected chi connectivity index (χ4v) is 2.11. The lowest BCUT2D eigenvalue weighted by atomic mass is 10.4.